The second-order valence-electron chi connectivity index (χ2n) is 12.0. The second-order valence-corrected chi connectivity index (χ2v) is 13.8. The Labute approximate surface area is 276 Å². The number of amides is 1. The molecule has 3 aliphatic heterocycles. The van der Waals surface area contributed by atoms with E-state index in [1.807, 2.05) is 6.92 Å². The maximum absolute atomic E-state index is 15.3. The molecule has 13 heteroatoms. The molecule has 0 bridgehead atoms. The van der Waals surface area contributed by atoms with Gasteiger partial charge in [0, 0.05) is 62.5 Å². The molecule has 4 heterocycles. The summed E-state index contributed by atoms with van der Waals surface area (Å²) in [4.78, 5) is 26.4. The summed E-state index contributed by atoms with van der Waals surface area (Å²) in [7, 11) is 0.641. The number of methoxy groups -OCH3 is 2. The molecule has 3 aromatic rings. The zero-order valence-electron chi connectivity index (χ0n) is 27.2. The zero-order chi connectivity index (χ0) is 33.3. The van der Waals surface area contributed by atoms with Gasteiger partial charge in [0.2, 0.25) is 0 Å². The van der Waals surface area contributed by atoms with Crippen LogP contribution in [0.1, 0.15) is 36.5 Å². The van der Waals surface area contributed by atoms with Crippen molar-refractivity contribution >= 4 is 21.6 Å². The van der Waals surface area contributed by atoms with E-state index in [0.717, 1.165) is 43.3 Å². The first-order chi connectivity index (χ1) is 22.7. The van der Waals surface area contributed by atoms with E-state index in [0.29, 0.717) is 59.7 Å². The predicted octanol–water partition coefficient (Wildman–Crippen LogP) is 3.06. The topological polar surface area (TPSA) is 129 Å². The summed E-state index contributed by atoms with van der Waals surface area (Å²) in [6.45, 7) is 7.16. The number of nitrogens with zero attached hydrogens (tertiary/aromatic N) is 6. The van der Waals surface area contributed by atoms with Gasteiger partial charge in [-0.15, -0.1) is 0 Å². The van der Waals surface area contributed by atoms with Crippen LogP contribution in [0.2, 0.25) is 0 Å². The lowest BCUT2D eigenvalue weighted by Crippen LogP contribution is -2.59. The van der Waals surface area contributed by atoms with Crippen LogP contribution in [0, 0.1) is 11.3 Å². The number of nitriles is 1. The first-order valence-electron chi connectivity index (χ1n) is 15.8. The molecule has 0 aliphatic carbocycles. The largest absolute Gasteiger partial charge is 0.497 e. The Hall–Kier alpha value is -4.22. The summed E-state index contributed by atoms with van der Waals surface area (Å²) >= 11 is 0. The summed E-state index contributed by atoms with van der Waals surface area (Å²) in [5, 5.41) is 9.69. The van der Waals surface area contributed by atoms with E-state index in [1.165, 1.54) is 37.6 Å². The van der Waals surface area contributed by atoms with Crippen LogP contribution in [-0.2, 0) is 20.4 Å². The first-order valence-corrected chi connectivity index (χ1v) is 17.3. The number of likely N-dealkylation sites (tertiary alicyclic amines) is 1. The van der Waals surface area contributed by atoms with Gasteiger partial charge in [-0.3, -0.25) is 14.6 Å². The molecule has 3 aliphatic rings. The second kappa shape index (κ2) is 13.1. The summed E-state index contributed by atoms with van der Waals surface area (Å²) in [6.07, 6.45) is 2.89. The van der Waals surface area contributed by atoms with E-state index in [9.17, 15) is 13.7 Å². The maximum Gasteiger partial charge on any atom is 0.288 e. The number of aromatic nitrogens is 1. The minimum atomic E-state index is -4.51. The van der Waals surface area contributed by atoms with Crippen LogP contribution in [0.5, 0.6) is 17.2 Å². The average Bonchev–Trinajstić information content (AvgIpc) is 3.37. The number of piperidine rings is 1. The van der Waals surface area contributed by atoms with E-state index in [4.69, 9.17) is 14.2 Å². The fourth-order valence-electron chi connectivity index (χ4n) is 7.11. The van der Waals surface area contributed by atoms with Gasteiger partial charge in [-0.25, -0.2) is 4.98 Å². The molecule has 1 unspecified atom stereocenters. The Morgan fingerprint density at radius 3 is 2.26 bits per heavy atom. The molecular formula is C34H40N6O6S. The van der Waals surface area contributed by atoms with Crippen LogP contribution in [0.25, 0.3) is 0 Å². The lowest BCUT2D eigenvalue weighted by molar-refractivity contribution is -0.127. The van der Waals surface area contributed by atoms with Crippen LogP contribution in [0.3, 0.4) is 0 Å². The Bertz CT molecular complexity index is 1780. The van der Waals surface area contributed by atoms with Crippen molar-refractivity contribution in [3.63, 3.8) is 0 Å². The highest BCUT2D eigenvalue weighted by molar-refractivity contribution is 7.93. The third kappa shape index (κ3) is 5.59. The number of likely N-dealkylation sites (N-methyl/N-ethyl adjacent to an activating group) is 1. The molecule has 0 spiro atoms. The molecule has 0 radical (unpaired) electrons. The van der Waals surface area contributed by atoms with Crippen molar-refractivity contribution in [2.45, 2.75) is 36.4 Å². The van der Waals surface area contributed by atoms with Crippen LogP contribution in [0.15, 0.2) is 59.8 Å². The van der Waals surface area contributed by atoms with Crippen LogP contribution in [0.4, 0.5) is 5.69 Å². The highest BCUT2D eigenvalue weighted by atomic mass is 32.2. The van der Waals surface area contributed by atoms with Gasteiger partial charge in [-0.2, -0.15) is 18.0 Å². The van der Waals surface area contributed by atoms with Crippen molar-refractivity contribution < 1.29 is 27.4 Å². The molecule has 0 saturated carbocycles. The van der Waals surface area contributed by atoms with E-state index in [2.05, 4.69) is 32.8 Å². The summed E-state index contributed by atoms with van der Waals surface area (Å²) in [5.41, 5.74) is -0.249. The molecule has 2 fully saturated rings. The Morgan fingerprint density at radius 2 is 1.64 bits per heavy atom. The minimum Gasteiger partial charge on any atom is -0.497 e. The molecule has 1 amide bonds. The van der Waals surface area contributed by atoms with Crippen molar-refractivity contribution in [2.75, 3.05) is 71.4 Å². The molecular weight excluding hydrogens is 620 g/mol. The molecule has 248 valence electrons. The third-order valence-electron chi connectivity index (χ3n) is 9.55. The Balaban J connectivity index is 1.53. The molecule has 6 rings (SSSR count). The lowest BCUT2D eigenvalue weighted by Gasteiger charge is -2.47. The predicted molar refractivity (Wildman–Crippen MR) is 175 cm³/mol. The molecule has 0 N–H and O–H groups in total. The zero-order valence-corrected chi connectivity index (χ0v) is 28.0. The summed E-state index contributed by atoms with van der Waals surface area (Å²) < 4.78 is 46.5. The van der Waals surface area contributed by atoms with Crippen molar-refractivity contribution in [1.29, 1.82) is 5.26 Å². The highest BCUT2D eigenvalue weighted by Gasteiger charge is 2.61. The fourth-order valence-corrected chi connectivity index (χ4v) is 8.49. The lowest BCUT2D eigenvalue weighted by atomic mass is 9.79. The molecule has 12 nitrogen and oxygen atoms in total. The SMILES string of the molecule is CCOc1cc(OC)ccc1C1(N2CCC(N3CCN(C)CC3)CC2)C(=O)N(S(=O)(=O)c2ccc(OC)cn2)c2ccc(C#N)cc21. The maximum atomic E-state index is 15.3. The molecule has 2 saturated heterocycles. The number of carbonyl (C=O) groups is 1. The van der Waals surface area contributed by atoms with Gasteiger partial charge < -0.3 is 19.1 Å². The summed E-state index contributed by atoms with van der Waals surface area (Å²) in [5.74, 6) is 0.637. The quantitative estimate of drug-likeness (QED) is 0.336. The van der Waals surface area contributed by atoms with Crippen molar-refractivity contribution in [1.82, 2.24) is 19.7 Å². The van der Waals surface area contributed by atoms with E-state index in [-0.39, 0.29) is 10.7 Å². The normalized spacial score (nSPS) is 21.3. The molecule has 1 aromatic heterocycles. The summed E-state index contributed by atoms with van der Waals surface area (Å²) in [6, 6.07) is 15.3. The van der Waals surface area contributed by atoms with E-state index < -0.39 is 21.5 Å². The minimum absolute atomic E-state index is 0.172. The fraction of sp³-hybridized carbons (Fsp3) is 0.441. The van der Waals surface area contributed by atoms with Crippen molar-refractivity contribution in [2.24, 2.45) is 0 Å². The van der Waals surface area contributed by atoms with E-state index >= 15 is 4.79 Å². The van der Waals surface area contributed by atoms with Gasteiger partial charge in [0.15, 0.2) is 10.6 Å². The van der Waals surface area contributed by atoms with Gasteiger partial charge >= 0.3 is 0 Å². The van der Waals surface area contributed by atoms with Gasteiger partial charge in [0.05, 0.1) is 44.3 Å². The monoisotopic (exact) mass is 660 g/mol. The molecule has 2 aromatic carbocycles. The van der Waals surface area contributed by atoms with Crippen molar-refractivity contribution in [3.8, 4) is 23.3 Å². The van der Waals surface area contributed by atoms with Gasteiger partial charge in [0.25, 0.3) is 15.9 Å². The van der Waals surface area contributed by atoms with Gasteiger partial charge in [-0.1, -0.05) is 0 Å². The van der Waals surface area contributed by atoms with Crippen molar-refractivity contribution in [3.05, 3.63) is 71.4 Å². The average molecular weight is 661 g/mol. The molecule has 47 heavy (non-hydrogen) atoms. The first kappa shape index (κ1) is 32.7. The van der Waals surface area contributed by atoms with Crippen LogP contribution in [-0.4, -0.2) is 107 Å². The number of benzene rings is 2. The Morgan fingerprint density at radius 1 is 0.936 bits per heavy atom. The van der Waals surface area contributed by atoms with Crippen LogP contribution < -0.4 is 18.5 Å². The smallest absolute Gasteiger partial charge is 0.288 e. The number of hydrogen-bond donors (Lipinski definition) is 0. The van der Waals surface area contributed by atoms with Gasteiger partial charge in [-0.05, 0) is 69.3 Å². The van der Waals surface area contributed by atoms with E-state index in [1.54, 1.807) is 31.4 Å². The van der Waals surface area contributed by atoms with Crippen LogP contribution >= 0.6 is 0 Å². The number of ether oxygens (including phenoxy) is 3. The number of fused-ring (bicyclic) bond motifs is 1. The van der Waals surface area contributed by atoms with Gasteiger partial charge in [0.1, 0.15) is 17.2 Å². The number of hydrogen-bond acceptors (Lipinski definition) is 11. The number of pyridine rings is 1. The number of carbonyl (C=O) groups excluding carboxylic acids is 1. The molecule has 1 atom stereocenters. The number of rotatable bonds is 9. The number of sulfonamides is 1. The standard InChI is InChI=1S/C34H40N6O6S/c1-5-46-31-21-26(44-3)7-9-28(31)34(39-14-12-25(13-15-39)38-18-16-37(2)17-19-38)29-20-24(22-35)6-10-30(29)40(33(34)41)47(42,43)32-11-8-27(45-4)23-36-32/h6-11,20-21,23,25H,5,12-19H2,1-4H3. The third-order valence-corrected chi connectivity index (χ3v) is 11.2. The number of anilines is 1. The number of piperazine rings is 1. The highest BCUT2D eigenvalue weighted by Crippen LogP contribution is 2.53. The Kier molecular flexibility index (Phi) is 9.13.